The number of esters is 1. The Balaban J connectivity index is 4.00. The van der Waals surface area contributed by atoms with Crippen LogP contribution in [0.1, 0.15) is 34.1 Å². The lowest BCUT2D eigenvalue weighted by atomic mass is 9.86. The number of allylic oxidation sites excluding steroid dienone is 2. The van der Waals surface area contributed by atoms with Gasteiger partial charge in [-0.2, -0.15) is 0 Å². The van der Waals surface area contributed by atoms with E-state index in [1.54, 1.807) is 0 Å². The van der Waals surface area contributed by atoms with Crippen LogP contribution in [0, 0.1) is 5.41 Å². The number of carbonyl (C=O) groups is 1. The van der Waals surface area contributed by atoms with Crippen molar-refractivity contribution >= 4 is 5.97 Å². The molecule has 0 aromatic carbocycles. The van der Waals surface area contributed by atoms with Crippen LogP contribution in [0.15, 0.2) is 24.3 Å². The van der Waals surface area contributed by atoms with Crippen LogP contribution in [-0.4, -0.2) is 12.6 Å². The van der Waals surface area contributed by atoms with Gasteiger partial charge in [0.05, 0.1) is 0 Å². The molecule has 0 aromatic heterocycles. The molecule has 0 radical (unpaired) electrons. The highest BCUT2D eigenvalue weighted by Gasteiger charge is 2.12. The van der Waals surface area contributed by atoms with E-state index < -0.39 is 0 Å². The van der Waals surface area contributed by atoms with E-state index in [0.29, 0.717) is 6.61 Å². The van der Waals surface area contributed by atoms with Gasteiger partial charge in [0.1, 0.15) is 6.61 Å². The second-order valence-corrected chi connectivity index (χ2v) is 4.22. The van der Waals surface area contributed by atoms with E-state index in [0.717, 1.165) is 6.42 Å². The summed E-state index contributed by atoms with van der Waals surface area (Å²) in [6.45, 7) is 11.9. The molecule has 0 rings (SSSR count). The summed E-state index contributed by atoms with van der Waals surface area (Å²) in [4.78, 5) is 10.5. The maximum Gasteiger partial charge on any atom is 0.302 e. The molecule has 0 amide bonds. The second kappa shape index (κ2) is 5.63. The Kier molecular flexibility index (Phi) is 5.21. The fourth-order valence-corrected chi connectivity index (χ4v) is 1.16. The van der Waals surface area contributed by atoms with Gasteiger partial charge in [-0.25, -0.2) is 0 Å². The van der Waals surface area contributed by atoms with Gasteiger partial charge in [0, 0.05) is 6.92 Å². The molecule has 0 fully saturated rings. The van der Waals surface area contributed by atoms with Gasteiger partial charge in [0.2, 0.25) is 0 Å². The number of rotatable bonds is 5. The van der Waals surface area contributed by atoms with Crippen molar-refractivity contribution in [3.8, 4) is 0 Å². The van der Waals surface area contributed by atoms with Gasteiger partial charge < -0.3 is 4.74 Å². The van der Waals surface area contributed by atoms with Crippen LogP contribution in [0.4, 0.5) is 0 Å². The maximum atomic E-state index is 10.5. The highest BCUT2D eigenvalue weighted by atomic mass is 16.5. The van der Waals surface area contributed by atoms with Gasteiger partial charge in [0.15, 0.2) is 0 Å². The second-order valence-electron chi connectivity index (χ2n) is 4.22. The highest BCUT2D eigenvalue weighted by molar-refractivity contribution is 5.66. The van der Waals surface area contributed by atoms with Crippen LogP contribution >= 0.6 is 0 Å². The summed E-state index contributed by atoms with van der Waals surface area (Å²) in [5.41, 5.74) is 1.33. The van der Waals surface area contributed by atoms with Crippen LogP contribution in [0.3, 0.4) is 0 Å². The van der Waals surface area contributed by atoms with E-state index in [2.05, 4.69) is 20.4 Å². The molecule has 0 aliphatic rings. The third-order valence-electron chi connectivity index (χ3n) is 2.01. The zero-order chi connectivity index (χ0) is 11.2. The molecule has 2 heteroatoms. The van der Waals surface area contributed by atoms with Crippen LogP contribution in [0.25, 0.3) is 0 Å². The summed E-state index contributed by atoms with van der Waals surface area (Å²) in [5.74, 6) is -0.239. The van der Waals surface area contributed by atoms with Gasteiger partial charge >= 0.3 is 5.97 Å². The minimum atomic E-state index is -0.239. The molecule has 0 aliphatic carbocycles. The predicted octanol–water partition coefficient (Wildman–Crippen LogP) is 3.10. The Hall–Kier alpha value is -1.05. The van der Waals surface area contributed by atoms with Crippen LogP contribution in [0.5, 0.6) is 0 Å². The average molecular weight is 196 g/mol. The van der Waals surface area contributed by atoms with Crippen LogP contribution in [-0.2, 0) is 9.53 Å². The summed E-state index contributed by atoms with van der Waals surface area (Å²) >= 11 is 0. The van der Waals surface area contributed by atoms with E-state index in [1.165, 1.54) is 12.5 Å². The molecule has 0 saturated carbocycles. The number of hydrogen-bond donors (Lipinski definition) is 0. The first kappa shape index (κ1) is 12.9. The lowest BCUT2D eigenvalue weighted by Gasteiger charge is -2.19. The van der Waals surface area contributed by atoms with Crippen LogP contribution in [0.2, 0.25) is 0 Å². The molecule has 0 atom stereocenters. The molecule has 0 spiro atoms. The van der Waals surface area contributed by atoms with Gasteiger partial charge in [-0.1, -0.05) is 25.5 Å². The van der Waals surface area contributed by atoms with Gasteiger partial charge in [-0.15, -0.1) is 6.58 Å². The molecular weight excluding hydrogens is 176 g/mol. The molecule has 0 aliphatic heterocycles. The summed E-state index contributed by atoms with van der Waals surface area (Å²) in [5, 5.41) is 0. The molecule has 0 N–H and O–H groups in total. The SMILES string of the molecule is C=CC(C)(C)CC(C)=CCOC(C)=O. The van der Waals surface area contributed by atoms with E-state index in [9.17, 15) is 4.79 Å². The van der Waals surface area contributed by atoms with Gasteiger partial charge in [-0.3, -0.25) is 4.79 Å². The van der Waals surface area contributed by atoms with Crippen molar-refractivity contribution in [1.29, 1.82) is 0 Å². The average Bonchev–Trinajstić information content (AvgIpc) is 2.02. The fraction of sp³-hybridized carbons (Fsp3) is 0.583. The standard InChI is InChI=1S/C12H20O2/c1-6-12(4,5)9-10(2)7-8-14-11(3)13/h6-7H,1,8-9H2,2-5H3. The number of ether oxygens (including phenoxy) is 1. The minimum Gasteiger partial charge on any atom is -0.462 e. The Labute approximate surface area is 86.6 Å². The first-order valence-corrected chi connectivity index (χ1v) is 4.80. The molecule has 0 bridgehead atoms. The first-order chi connectivity index (χ1) is 6.37. The Morgan fingerprint density at radius 3 is 2.43 bits per heavy atom. The molecule has 14 heavy (non-hydrogen) atoms. The Morgan fingerprint density at radius 2 is 2.00 bits per heavy atom. The molecule has 80 valence electrons. The van der Waals surface area contributed by atoms with E-state index in [4.69, 9.17) is 4.74 Å². The van der Waals surface area contributed by atoms with E-state index in [-0.39, 0.29) is 11.4 Å². The first-order valence-electron chi connectivity index (χ1n) is 4.80. The lowest BCUT2D eigenvalue weighted by molar-refractivity contribution is -0.139. The summed E-state index contributed by atoms with van der Waals surface area (Å²) in [6.07, 6.45) is 4.82. The predicted molar refractivity (Wildman–Crippen MR) is 59.0 cm³/mol. The zero-order valence-electron chi connectivity index (χ0n) is 9.59. The van der Waals surface area contributed by atoms with Gasteiger partial charge in [0.25, 0.3) is 0 Å². The van der Waals surface area contributed by atoms with Crippen molar-refractivity contribution < 1.29 is 9.53 Å². The maximum absolute atomic E-state index is 10.5. The van der Waals surface area contributed by atoms with Gasteiger partial charge in [-0.05, 0) is 24.8 Å². The molecule has 0 heterocycles. The summed E-state index contributed by atoms with van der Waals surface area (Å²) in [6, 6.07) is 0. The third kappa shape index (κ3) is 6.46. The molecular formula is C12H20O2. The topological polar surface area (TPSA) is 26.3 Å². The monoisotopic (exact) mass is 196 g/mol. The van der Waals surface area contributed by atoms with Crippen LogP contribution < -0.4 is 0 Å². The summed E-state index contributed by atoms with van der Waals surface area (Å²) < 4.78 is 4.82. The molecule has 0 unspecified atom stereocenters. The normalized spacial score (nSPS) is 12.4. The Bertz CT molecular complexity index is 237. The molecule has 0 aromatic rings. The van der Waals surface area contributed by atoms with E-state index in [1.807, 2.05) is 19.1 Å². The van der Waals surface area contributed by atoms with Crippen molar-refractivity contribution in [1.82, 2.24) is 0 Å². The number of carbonyl (C=O) groups excluding carboxylic acids is 1. The Morgan fingerprint density at radius 1 is 1.43 bits per heavy atom. The summed E-state index contributed by atoms with van der Waals surface area (Å²) in [7, 11) is 0. The van der Waals surface area contributed by atoms with Crippen molar-refractivity contribution in [3.05, 3.63) is 24.3 Å². The fourth-order valence-electron chi connectivity index (χ4n) is 1.16. The molecule has 2 nitrogen and oxygen atoms in total. The van der Waals surface area contributed by atoms with E-state index >= 15 is 0 Å². The number of hydrogen-bond acceptors (Lipinski definition) is 2. The third-order valence-corrected chi connectivity index (χ3v) is 2.01. The zero-order valence-corrected chi connectivity index (χ0v) is 9.59. The van der Waals surface area contributed by atoms with Crippen molar-refractivity contribution in [3.63, 3.8) is 0 Å². The highest BCUT2D eigenvalue weighted by Crippen LogP contribution is 2.25. The van der Waals surface area contributed by atoms with Crippen molar-refractivity contribution in [2.24, 2.45) is 5.41 Å². The largest absolute Gasteiger partial charge is 0.462 e. The smallest absolute Gasteiger partial charge is 0.302 e. The van der Waals surface area contributed by atoms with Crippen molar-refractivity contribution in [2.45, 2.75) is 34.1 Å². The molecule has 0 saturated heterocycles. The lowest BCUT2D eigenvalue weighted by Crippen LogP contribution is -2.07. The quantitative estimate of drug-likeness (QED) is 0.499. The minimum absolute atomic E-state index is 0.108. The van der Waals surface area contributed by atoms with Crippen molar-refractivity contribution in [2.75, 3.05) is 6.61 Å².